The van der Waals surface area contributed by atoms with Crippen LogP contribution in [0, 0.1) is 5.92 Å². The van der Waals surface area contributed by atoms with Crippen molar-refractivity contribution in [1.29, 1.82) is 0 Å². The normalized spacial score (nSPS) is 20.7. The van der Waals surface area contributed by atoms with E-state index in [-0.39, 0.29) is 40.7 Å². The molecule has 3 atom stereocenters. The lowest BCUT2D eigenvalue weighted by Gasteiger charge is -2.45. The Morgan fingerprint density at radius 3 is 1.69 bits per heavy atom. The smallest absolute Gasteiger partial charge is 0.0862 e. The van der Waals surface area contributed by atoms with E-state index < -0.39 is 0 Å². The molecule has 0 spiro atoms. The molecular formula is C60H61N5. The van der Waals surface area contributed by atoms with E-state index in [0.29, 0.717) is 0 Å². The summed E-state index contributed by atoms with van der Waals surface area (Å²) in [7, 11) is 0. The molecule has 0 bridgehead atoms. The van der Waals surface area contributed by atoms with Gasteiger partial charge in [0.1, 0.15) is 0 Å². The van der Waals surface area contributed by atoms with Gasteiger partial charge in [-0.1, -0.05) is 177 Å². The van der Waals surface area contributed by atoms with Crippen LogP contribution in [0.15, 0.2) is 175 Å². The van der Waals surface area contributed by atoms with Gasteiger partial charge >= 0.3 is 0 Å². The summed E-state index contributed by atoms with van der Waals surface area (Å²) in [5, 5.41) is 17.1. The summed E-state index contributed by atoms with van der Waals surface area (Å²) < 4.78 is 2.60. The van der Waals surface area contributed by atoms with E-state index in [2.05, 4.69) is 251 Å². The van der Waals surface area contributed by atoms with Gasteiger partial charge in [0.2, 0.25) is 0 Å². The zero-order chi connectivity index (χ0) is 44.8. The molecule has 1 aromatic heterocycles. The van der Waals surface area contributed by atoms with Crippen LogP contribution in [-0.2, 0) is 16.2 Å². The van der Waals surface area contributed by atoms with Gasteiger partial charge in [0.05, 0.1) is 29.5 Å². The lowest BCUT2D eigenvalue weighted by Crippen LogP contribution is -2.61. The van der Waals surface area contributed by atoms with Crippen molar-refractivity contribution in [2.75, 3.05) is 4.90 Å². The number of aromatic nitrogens is 1. The summed E-state index contributed by atoms with van der Waals surface area (Å²) >= 11 is 0. The van der Waals surface area contributed by atoms with Gasteiger partial charge in [-0.3, -0.25) is 16.0 Å². The largest absolute Gasteiger partial charge is 0.310 e. The summed E-state index contributed by atoms with van der Waals surface area (Å²) in [5.41, 5.74) is 15.1. The van der Waals surface area contributed by atoms with Crippen molar-refractivity contribution in [3.63, 3.8) is 0 Å². The second kappa shape index (κ2) is 15.4. The van der Waals surface area contributed by atoms with Crippen LogP contribution < -0.4 is 20.9 Å². The average molecular weight is 852 g/mol. The van der Waals surface area contributed by atoms with Gasteiger partial charge in [-0.2, -0.15) is 0 Å². The number of hydrogen-bond donors (Lipinski definition) is 3. The first-order valence-electron chi connectivity index (χ1n) is 23.6. The van der Waals surface area contributed by atoms with E-state index >= 15 is 0 Å². The summed E-state index contributed by atoms with van der Waals surface area (Å²) in [6, 6.07) is 58.7. The van der Waals surface area contributed by atoms with E-state index in [0.717, 1.165) is 17.8 Å². The summed E-state index contributed by atoms with van der Waals surface area (Å²) in [4.78, 5) is 2.49. The molecule has 11 rings (SSSR count). The minimum Gasteiger partial charge on any atom is -0.310 e. The van der Waals surface area contributed by atoms with Crippen molar-refractivity contribution in [1.82, 2.24) is 20.5 Å². The monoisotopic (exact) mass is 851 g/mol. The fourth-order valence-corrected chi connectivity index (χ4v) is 10.9. The van der Waals surface area contributed by atoms with Crippen molar-refractivity contribution >= 4 is 55.3 Å². The quantitative estimate of drug-likeness (QED) is 0.156. The average Bonchev–Trinajstić information content (AvgIpc) is 3.66. The number of allylic oxidation sites excluding steroid dienone is 3. The molecule has 3 unspecified atom stereocenters. The molecule has 0 radical (unpaired) electrons. The first kappa shape index (κ1) is 41.5. The van der Waals surface area contributed by atoms with Crippen LogP contribution in [0.1, 0.15) is 102 Å². The Morgan fingerprint density at radius 1 is 0.569 bits per heavy atom. The highest BCUT2D eigenvalue weighted by Gasteiger charge is 2.42. The Bertz CT molecular complexity index is 3040. The van der Waals surface area contributed by atoms with Crippen LogP contribution in [0.4, 0.5) is 17.1 Å². The van der Waals surface area contributed by atoms with Crippen LogP contribution in [0.2, 0.25) is 0 Å². The molecule has 3 N–H and O–H groups in total. The molecular weight excluding hydrogens is 791 g/mol. The van der Waals surface area contributed by atoms with Crippen molar-refractivity contribution in [3.8, 4) is 0 Å². The maximum absolute atomic E-state index is 4.02. The van der Waals surface area contributed by atoms with Gasteiger partial charge in [-0.15, -0.1) is 0 Å². The first-order chi connectivity index (χ1) is 31.2. The van der Waals surface area contributed by atoms with E-state index in [9.17, 15) is 0 Å². The lowest BCUT2D eigenvalue weighted by atomic mass is 9.69. The second-order valence-corrected chi connectivity index (χ2v) is 21.2. The molecule has 65 heavy (non-hydrogen) atoms. The maximum atomic E-state index is 4.02. The fraction of sp³-hybridized carbons (Fsp3) is 0.267. The summed E-state index contributed by atoms with van der Waals surface area (Å²) in [5.74, 6) is 0.203. The third-order valence-corrected chi connectivity index (χ3v) is 14.6. The van der Waals surface area contributed by atoms with Crippen molar-refractivity contribution in [3.05, 3.63) is 203 Å². The topological polar surface area (TPSA) is 44.3 Å². The van der Waals surface area contributed by atoms with Gasteiger partial charge < -0.3 is 9.47 Å². The Morgan fingerprint density at radius 2 is 1.12 bits per heavy atom. The highest BCUT2D eigenvalue weighted by molar-refractivity contribution is 6.24. The Kier molecular flexibility index (Phi) is 9.85. The zero-order valence-corrected chi connectivity index (χ0v) is 39.1. The summed E-state index contributed by atoms with van der Waals surface area (Å²) in [6.07, 6.45) is 5.82. The van der Waals surface area contributed by atoms with E-state index in [1.807, 2.05) is 0 Å². The van der Waals surface area contributed by atoms with Gasteiger partial charge in [-0.25, -0.2) is 0 Å². The molecule has 7 aromatic carbocycles. The van der Waals surface area contributed by atoms with E-state index in [1.54, 1.807) is 0 Å². The number of benzene rings is 7. The van der Waals surface area contributed by atoms with Gasteiger partial charge in [0.25, 0.3) is 0 Å². The van der Waals surface area contributed by atoms with Crippen LogP contribution in [0.3, 0.4) is 0 Å². The Hall–Kier alpha value is -6.24. The molecule has 0 amide bonds. The molecule has 326 valence electrons. The van der Waals surface area contributed by atoms with E-state index in [4.69, 9.17) is 0 Å². The number of rotatable bonds is 6. The third-order valence-electron chi connectivity index (χ3n) is 14.6. The standard InChI is InChI=1S/C60H61N5/c1-58(2,3)42-25-29-44(30-26-42)64(45-31-27-43(28-32-45)59(4,5)6)46-36-48-53-47-22-16-15-17-38(47)23-34-52(53)65-51-33-24-41(35-49(51)60(7,8)50(37-46)54(48)65)57-62-55(39-18-11-9-12-19-39)61-56(63-57)40-20-13-10-14-21-40/h9-34,36-37,41,55-57,61-63H,35H2,1-8H3. The first-order valence-corrected chi connectivity index (χ1v) is 23.6. The number of nitrogens with zero attached hydrogens (tertiary/aromatic N) is 2. The maximum Gasteiger partial charge on any atom is 0.0862 e. The molecule has 1 saturated heterocycles. The minimum atomic E-state index is -0.283. The highest BCUT2D eigenvalue weighted by Crippen LogP contribution is 2.54. The third kappa shape index (κ3) is 7.13. The minimum absolute atomic E-state index is 0.0127. The van der Waals surface area contributed by atoms with Crippen LogP contribution in [-0.4, -0.2) is 10.7 Å². The van der Waals surface area contributed by atoms with Crippen LogP contribution >= 0.6 is 0 Å². The molecule has 5 nitrogen and oxygen atoms in total. The predicted molar refractivity (Wildman–Crippen MR) is 274 cm³/mol. The molecule has 3 heterocycles. The molecule has 2 aliphatic heterocycles. The fourth-order valence-electron chi connectivity index (χ4n) is 10.9. The zero-order valence-electron chi connectivity index (χ0n) is 39.1. The molecule has 3 aliphatic rings. The van der Waals surface area contributed by atoms with Crippen molar-refractivity contribution < 1.29 is 0 Å². The predicted octanol–water partition coefficient (Wildman–Crippen LogP) is 14.6. The number of fused-ring (bicyclic) bond motifs is 6. The second-order valence-electron chi connectivity index (χ2n) is 21.2. The van der Waals surface area contributed by atoms with Gasteiger partial charge in [-0.05, 0) is 110 Å². The number of hydrogen-bond acceptors (Lipinski definition) is 4. The molecule has 8 aromatic rings. The molecule has 1 aliphatic carbocycles. The Labute approximate surface area is 384 Å². The summed E-state index contributed by atoms with van der Waals surface area (Å²) in [6.45, 7) is 18.7. The molecule has 1 fully saturated rings. The van der Waals surface area contributed by atoms with Crippen LogP contribution in [0.5, 0.6) is 0 Å². The SMILES string of the molecule is CC(C)(C)c1ccc(N(c2ccc(C(C)(C)C)cc2)c2cc3c4c(c2)c2c5ccccc5ccc2n4C2=C(CC(C4NC(c5ccccc5)NC(c5ccccc5)N4)C=C2)C3(C)C)cc1. The van der Waals surface area contributed by atoms with Crippen molar-refractivity contribution in [2.24, 2.45) is 5.92 Å². The Balaban J connectivity index is 1.08. The number of nitrogens with one attached hydrogen (secondary N) is 3. The molecule has 5 heteroatoms. The molecule has 0 saturated carbocycles. The van der Waals surface area contributed by atoms with Gasteiger partial charge in [0, 0.05) is 44.9 Å². The van der Waals surface area contributed by atoms with Crippen molar-refractivity contribution in [2.45, 2.75) is 96.6 Å². The van der Waals surface area contributed by atoms with Crippen LogP contribution in [0.25, 0.3) is 38.3 Å². The van der Waals surface area contributed by atoms with E-state index in [1.165, 1.54) is 77.4 Å². The van der Waals surface area contributed by atoms with Gasteiger partial charge in [0.15, 0.2) is 0 Å². The lowest BCUT2D eigenvalue weighted by molar-refractivity contribution is 0.168. The number of anilines is 3. The highest BCUT2D eigenvalue weighted by atomic mass is 15.4.